The van der Waals surface area contributed by atoms with Gasteiger partial charge in [0.25, 0.3) is 0 Å². The third-order valence-electron chi connectivity index (χ3n) is 5.92. The van der Waals surface area contributed by atoms with Crippen LogP contribution in [0.4, 0.5) is 0 Å². The number of carbonyl (C=O) groups excluding carboxylic acids is 1. The topological polar surface area (TPSA) is 59.0 Å². The Morgan fingerprint density at radius 1 is 0.935 bits per heavy atom. The molecule has 5 nitrogen and oxygen atoms in total. The summed E-state index contributed by atoms with van der Waals surface area (Å²) in [5, 5.41) is 11.9. The van der Waals surface area contributed by atoms with E-state index < -0.39 is 0 Å². The normalized spacial score (nSPS) is 14.9. The quantitative estimate of drug-likeness (QED) is 0.544. The van der Waals surface area contributed by atoms with Crippen LogP contribution in [0.5, 0.6) is 17.2 Å². The van der Waals surface area contributed by atoms with Gasteiger partial charge >= 0.3 is 0 Å². The molecule has 0 bridgehead atoms. The van der Waals surface area contributed by atoms with Gasteiger partial charge in [-0.15, -0.1) is 0 Å². The van der Waals surface area contributed by atoms with Crippen molar-refractivity contribution in [2.24, 2.45) is 0 Å². The highest BCUT2D eigenvalue weighted by Gasteiger charge is 2.18. The SMILES string of the molecule is COc1ccc2c(C(=O)c3ccc(OCCN4CCCCCC4)cc3)c(O)ccc2c1. The summed E-state index contributed by atoms with van der Waals surface area (Å²) in [5.74, 6) is 1.21. The molecule has 0 aliphatic carbocycles. The highest BCUT2D eigenvalue weighted by molar-refractivity contribution is 6.18. The molecule has 5 heteroatoms. The molecule has 3 aromatic carbocycles. The lowest BCUT2D eigenvalue weighted by Crippen LogP contribution is -2.29. The van der Waals surface area contributed by atoms with Crippen molar-refractivity contribution in [3.8, 4) is 17.2 Å². The fourth-order valence-corrected chi connectivity index (χ4v) is 4.16. The number of methoxy groups -OCH3 is 1. The van der Waals surface area contributed by atoms with E-state index in [2.05, 4.69) is 4.90 Å². The molecule has 4 rings (SSSR count). The van der Waals surface area contributed by atoms with E-state index in [0.717, 1.165) is 30.8 Å². The van der Waals surface area contributed by atoms with Crippen LogP contribution in [-0.4, -0.2) is 49.1 Å². The Kier molecular flexibility index (Phi) is 6.73. The van der Waals surface area contributed by atoms with Crippen LogP contribution in [0.15, 0.2) is 54.6 Å². The van der Waals surface area contributed by atoms with Crippen LogP contribution in [0, 0.1) is 0 Å². The van der Waals surface area contributed by atoms with E-state index in [1.807, 2.05) is 18.2 Å². The summed E-state index contributed by atoms with van der Waals surface area (Å²) in [5.41, 5.74) is 0.813. The molecule has 1 fully saturated rings. The van der Waals surface area contributed by atoms with Crippen molar-refractivity contribution in [2.45, 2.75) is 25.7 Å². The van der Waals surface area contributed by atoms with Crippen LogP contribution in [0.25, 0.3) is 10.8 Å². The van der Waals surface area contributed by atoms with Gasteiger partial charge in [-0.25, -0.2) is 0 Å². The van der Waals surface area contributed by atoms with E-state index >= 15 is 0 Å². The van der Waals surface area contributed by atoms with Crippen LogP contribution in [0.1, 0.15) is 41.6 Å². The van der Waals surface area contributed by atoms with Gasteiger partial charge < -0.3 is 14.6 Å². The van der Waals surface area contributed by atoms with Crippen molar-refractivity contribution in [1.82, 2.24) is 4.90 Å². The van der Waals surface area contributed by atoms with Gasteiger partial charge in [-0.05, 0) is 85.2 Å². The van der Waals surface area contributed by atoms with Crippen molar-refractivity contribution in [2.75, 3.05) is 33.4 Å². The summed E-state index contributed by atoms with van der Waals surface area (Å²) in [6.45, 7) is 3.86. The number of ketones is 1. The van der Waals surface area contributed by atoms with Crippen molar-refractivity contribution < 1.29 is 19.4 Å². The first-order chi connectivity index (χ1) is 15.2. The van der Waals surface area contributed by atoms with E-state index in [-0.39, 0.29) is 11.5 Å². The summed E-state index contributed by atoms with van der Waals surface area (Å²) >= 11 is 0. The number of aromatic hydroxyl groups is 1. The number of ether oxygens (including phenoxy) is 2. The minimum atomic E-state index is -0.218. The zero-order chi connectivity index (χ0) is 21.6. The second-order valence-corrected chi connectivity index (χ2v) is 8.00. The van der Waals surface area contributed by atoms with Gasteiger partial charge in [0.2, 0.25) is 0 Å². The summed E-state index contributed by atoms with van der Waals surface area (Å²) in [4.78, 5) is 15.6. The maximum absolute atomic E-state index is 13.2. The lowest BCUT2D eigenvalue weighted by Gasteiger charge is -2.19. The predicted octanol–water partition coefficient (Wildman–Crippen LogP) is 5.04. The zero-order valence-electron chi connectivity index (χ0n) is 18.0. The Balaban J connectivity index is 1.45. The zero-order valence-corrected chi connectivity index (χ0v) is 18.0. The highest BCUT2D eigenvalue weighted by atomic mass is 16.5. The third-order valence-corrected chi connectivity index (χ3v) is 5.92. The van der Waals surface area contributed by atoms with E-state index in [0.29, 0.717) is 28.9 Å². The number of phenols is 1. The van der Waals surface area contributed by atoms with Gasteiger partial charge in [-0.2, -0.15) is 0 Å². The van der Waals surface area contributed by atoms with Crippen LogP contribution < -0.4 is 9.47 Å². The lowest BCUT2D eigenvalue weighted by atomic mass is 9.96. The van der Waals surface area contributed by atoms with Crippen LogP contribution in [-0.2, 0) is 0 Å². The Labute approximate surface area is 183 Å². The minimum Gasteiger partial charge on any atom is -0.507 e. The molecule has 1 N–H and O–H groups in total. The molecule has 1 heterocycles. The van der Waals surface area contributed by atoms with Gasteiger partial charge in [-0.1, -0.05) is 18.9 Å². The molecular weight excluding hydrogens is 390 g/mol. The monoisotopic (exact) mass is 419 g/mol. The molecule has 0 saturated carbocycles. The van der Waals surface area contributed by atoms with E-state index in [9.17, 15) is 9.90 Å². The summed E-state index contributed by atoms with van der Waals surface area (Å²) in [6, 6.07) is 15.9. The molecule has 3 aromatic rings. The molecule has 0 unspecified atom stereocenters. The number of nitrogens with zero attached hydrogens (tertiary/aromatic N) is 1. The Bertz CT molecular complexity index is 1040. The number of fused-ring (bicyclic) bond motifs is 1. The average Bonchev–Trinajstić information content (AvgIpc) is 3.08. The maximum atomic E-state index is 13.2. The van der Waals surface area contributed by atoms with Gasteiger partial charge in [0.15, 0.2) is 5.78 Å². The molecule has 162 valence electrons. The summed E-state index contributed by atoms with van der Waals surface area (Å²) in [6.07, 6.45) is 5.19. The lowest BCUT2D eigenvalue weighted by molar-refractivity contribution is 0.103. The van der Waals surface area contributed by atoms with E-state index in [4.69, 9.17) is 9.47 Å². The van der Waals surface area contributed by atoms with Gasteiger partial charge in [0.05, 0.1) is 12.7 Å². The first kappa shape index (κ1) is 21.2. The number of likely N-dealkylation sites (tertiary alicyclic amines) is 1. The summed E-state index contributed by atoms with van der Waals surface area (Å²) < 4.78 is 11.2. The van der Waals surface area contributed by atoms with Crippen molar-refractivity contribution in [3.05, 3.63) is 65.7 Å². The maximum Gasteiger partial charge on any atom is 0.197 e. The van der Waals surface area contributed by atoms with Crippen LogP contribution >= 0.6 is 0 Å². The molecular formula is C26H29NO4. The molecule has 0 spiro atoms. The third kappa shape index (κ3) is 5.00. The van der Waals surface area contributed by atoms with Crippen molar-refractivity contribution in [1.29, 1.82) is 0 Å². The van der Waals surface area contributed by atoms with Gasteiger partial charge in [0, 0.05) is 12.1 Å². The fourth-order valence-electron chi connectivity index (χ4n) is 4.16. The standard InChI is InChI=1S/C26H29NO4/c1-30-22-11-12-23-20(18-22)8-13-24(28)25(23)26(29)19-6-9-21(10-7-19)31-17-16-27-14-4-2-3-5-15-27/h6-13,18,28H,2-5,14-17H2,1H3. The molecule has 1 saturated heterocycles. The molecule has 0 atom stereocenters. The highest BCUT2D eigenvalue weighted by Crippen LogP contribution is 2.32. The number of phenolic OH excluding ortho intramolecular Hbond substituents is 1. The van der Waals surface area contributed by atoms with Gasteiger partial charge in [0.1, 0.15) is 23.9 Å². The molecule has 1 aliphatic rings. The molecule has 0 radical (unpaired) electrons. The van der Waals surface area contributed by atoms with Gasteiger partial charge in [-0.3, -0.25) is 9.69 Å². The number of hydrogen-bond donors (Lipinski definition) is 1. The number of carbonyl (C=O) groups is 1. The minimum absolute atomic E-state index is 0.0274. The van der Waals surface area contributed by atoms with Crippen molar-refractivity contribution in [3.63, 3.8) is 0 Å². The summed E-state index contributed by atoms with van der Waals surface area (Å²) in [7, 11) is 1.60. The Morgan fingerprint density at radius 2 is 1.65 bits per heavy atom. The molecule has 0 aromatic heterocycles. The second-order valence-electron chi connectivity index (χ2n) is 8.00. The molecule has 1 aliphatic heterocycles. The smallest absolute Gasteiger partial charge is 0.197 e. The molecule has 31 heavy (non-hydrogen) atoms. The number of benzene rings is 3. The first-order valence-corrected chi connectivity index (χ1v) is 11.0. The number of hydrogen-bond acceptors (Lipinski definition) is 5. The second kappa shape index (κ2) is 9.84. The predicted molar refractivity (Wildman–Crippen MR) is 122 cm³/mol. The van der Waals surface area contributed by atoms with Crippen molar-refractivity contribution >= 4 is 16.6 Å². The number of rotatable bonds is 7. The Morgan fingerprint density at radius 3 is 2.35 bits per heavy atom. The van der Waals surface area contributed by atoms with Crippen LogP contribution in [0.3, 0.4) is 0 Å². The average molecular weight is 420 g/mol. The largest absolute Gasteiger partial charge is 0.507 e. The van der Waals surface area contributed by atoms with E-state index in [1.54, 1.807) is 43.5 Å². The fraction of sp³-hybridized carbons (Fsp3) is 0.346. The molecule has 0 amide bonds. The van der Waals surface area contributed by atoms with Crippen LogP contribution in [0.2, 0.25) is 0 Å². The Hall–Kier alpha value is -3.05. The van der Waals surface area contributed by atoms with E-state index in [1.165, 1.54) is 25.7 Å². The first-order valence-electron chi connectivity index (χ1n) is 11.0.